The molecule has 0 atom stereocenters. The lowest BCUT2D eigenvalue weighted by Crippen LogP contribution is -2.36. The Labute approximate surface area is 238 Å². The summed E-state index contributed by atoms with van der Waals surface area (Å²) in [5.41, 5.74) is 1.65. The van der Waals surface area contributed by atoms with Gasteiger partial charge in [-0.05, 0) is 66.6 Å². The predicted octanol–water partition coefficient (Wildman–Crippen LogP) is 6.49. The average Bonchev–Trinajstić information content (AvgIpc) is 3.21. The Kier molecular flexibility index (Phi) is 9.51. The highest BCUT2D eigenvalue weighted by Gasteiger charge is 2.36. The lowest BCUT2D eigenvalue weighted by atomic mass is 10.0. The van der Waals surface area contributed by atoms with Crippen molar-refractivity contribution in [3.05, 3.63) is 106 Å². The number of thioether (sulfide) groups is 1. The van der Waals surface area contributed by atoms with Gasteiger partial charge >= 0.3 is 0 Å². The van der Waals surface area contributed by atoms with Gasteiger partial charge in [-0.3, -0.25) is 19.3 Å². The van der Waals surface area contributed by atoms with Crippen LogP contribution in [0, 0.1) is 17.5 Å². The normalized spacial score (nSPS) is 14.0. The smallest absolute Gasteiger partial charge is 0.294 e. The van der Waals surface area contributed by atoms with Crippen molar-refractivity contribution in [3.63, 3.8) is 0 Å². The van der Waals surface area contributed by atoms with Gasteiger partial charge in [0.25, 0.3) is 11.1 Å². The number of carbonyl (C=O) groups excluding carboxylic acids is 3. The van der Waals surface area contributed by atoms with Crippen LogP contribution in [0.15, 0.2) is 72.2 Å². The van der Waals surface area contributed by atoms with E-state index < -0.39 is 46.7 Å². The molecule has 3 aromatic carbocycles. The Bertz CT molecular complexity index is 1530. The number of allylic oxidation sites excluding steroid dienone is 1. The molecule has 0 radical (unpaired) electrons. The van der Waals surface area contributed by atoms with E-state index in [1.807, 2.05) is 42.6 Å². The monoisotopic (exact) mass is 582 g/mol. The summed E-state index contributed by atoms with van der Waals surface area (Å²) < 4.78 is 52.5. The SMILES string of the molecule is C=CCc1cc(/C=C2\SC(=O)N(CC(=O)Nc3ccc(F)c(F)c3F)C2=O)cc(OCC)c1OCc1ccccc1. The summed E-state index contributed by atoms with van der Waals surface area (Å²) >= 11 is 0.625. The lowest BCUT2D eigenvalue weighted by Gasteiger charge is -2.17. The van der Waals surface area contributed by atoms with Gasteiger partial charge in [-0.1, -0.05) is 36.4 Å². The summed E-state index contributed by atoms with van der Waals surface area (Å²) in [7, 11) is 0. The van der Waals surface area contributed by atoms with E-state index >= 15 is 0 Å². The summed E-state index contributed by atoms with van der Waals surface area (Å²) in [6.07, 6.45) is 3.63. The van der Waals surface area contributed by atoms with Crippen LogP contribution in [0.3, 0.4) is 0 Å². The average molecular weight is 583 g/mol. The van der Waals surface area contributed by atoms with Crippen molar-refractivity contribution in [1.29, 1.82) is 0 Å². The van der Waals surface area contributed by atoms with Gasteiger partial charge in [0.2, 0.25) is 5.91 Å². The first-order valence-electron chi connectivity index (χ1n) is 12.5. The molecule has 1 aliphatic heterocycles. The number of halogens is 3. The number of ether oxygens (including phenoxy) is 2. The molecule has 1 N–H and O–H groups in total. The number of amides is 3. The molecule has 0 saturated carbocycles. The van der Waals surface area contributed by atoms with Crippen LogP contribution >= 0.6 is 11.8 Å². The molecule has 3 amide bonds. The maximum absolute atomic E-state index is 13.9. The summed E-state index contributed by atoms with van der Waals surface area (Å²) in [5.74, 6) is -5.50. The molecule has 0 unspecified atom stereocenters. The van der Waals surface area contributed by atoms with E-state index in [-0.39, 0.29) is 4.91 Å². The fraction of sp³-hybridized carbons (Fsp3) is 0.167. The number of carbonyl (C=O) groups is 3. The van der Waals surface area contributed by atoms with E-state index in [0.717, 1.165) is 17.2 Å². The summed E-state index contributed by atoms with van der Waals surface area (Å²) in [5, 5.41) is 1.33. The van der Waals surface area contributed by atoms with Crippen LogP contribution in [0.5, 0.6) is 11.5 Å². The van der Waals surface area contributed by atoms with Gasteiger partial charge < -0.3 is 14.8 Å². The third-order valence-corrected chi connectivity index (χ3v) is 6.73. The number of anilines is 1. The van der Waals surface area contributed by atoms with Crippen LogP contribution in [-0.2, 0) is 22.6 Å². The molecule has 212 valence electrons. The van der Waals surface area contributed by atoms with Gasteiger partial charge in [0.1, 0.15) is 13.2 Å². The maximum atomic E-state index is 13.9. The first-order valence-corrected chi connectivity index (χ1v) is 13.3. The molecular weight excluding hydrogens is 557 g/mol. The number of benzene rings is 3. The lowest BCUT2D eigenvalue weighted by molar-refractivity contribution is -0.127. The van der Waals surface area contributed by atoms with Gasteiger partial charge in [-0.2, -0.15) is 0 Å². The largest absolute Gasteiger partial charge is 0.490 e. The molecule has 11 heteroatoms. The van der Waals surface area contributed by atoms with Gasteiger partial charge in [-0.25, -0.2) is 13.2 Å². The Balaban J connectivity index is 1.54. The van der Waals surface area contributed by atoms with Crippen LogP contribution in [0.25, 0.3) is 6.08 Å². The van der Waals surface area contributed by atoms with Crippen molar-refractivity contribution < 1.29 is 37.0 Å². The molecule has 0 aliphatic carbocycles. The highest BCUT2D eigenvalue weighted by molar-refractivity contribution is 8.18. The topological polar surface area (TPSA) is 84.9 Å². The minimum atomic E-state index is -1.75. The predicted molar refractivity (Wildman–Crippen MR) is 150 cm³/mol. The Morgan fingerprint density at radius 2 is 1.80 bits per heavy atom. The van der Waals surface area contributed by atoms with Crippen molar-refractivity contribution >= 4 is 40.6 Å². The Morgan fingerprint density at radius 1 is 1.05 bits per heavy atom. The zero-order valence-corrected chi connectivity index (χ0v) is 22.7. The second kappa shape index (κ2) is 13.2. The van der Waals surface area contributed by atoms with Crippen molar-refractivity contribution in [1.82, 2.24) is 4.90 Å². The van der Waals surface area contributed by atoms with E-state index in [1.54, 1.807) is 18.2 Å². The van der Waals surface area contributed by atoms with Crippen LogP contribution in [0.4, 0.5) is 23.7 Å². The molecule has 1 heterocycles. The van der Waals surface area contributed by atoms with Crippen molar-refractivity contribution in [2.75, 3.05) is 18.5 Å². The molecule has 0 spiro atoms. The number of hydrogen-bond acceptors (Lipinski definition) is 6. The molecule has 0 aromatic heterocycles. The number of imide groups is 1. The van der Waals surface area contributed by atoms with Gasteiger partial charge in [0.05, 0.1) is 17.2 Å². The van der Waals surface area contributed by atoms with Crippen molar-refractivity contribution in [2.24, 2.45) is 0 Å². The molecule has 7 nitrogen and oxygen atoms in total. The number of nitrogens with zero attached hydrogens (tertiary/aromatic N) is 1. The van der Waals surface area contributed by atoms with E-state index in [1.165, 1.54) is 6.08 Å². The molecular formula is C30H25F3N2O5S. The molecule has 4 rings (SSSR count). The molecule has 1 fully saturated rings. The minimum absolute atomic E-state index is 0.0479. The van der Waals surface area contributed by atoms with Crippen LogP contribution in [0.2, 0.25) is 0 Å². The summed E-state index contributed by atoms with van der Waals surface area (Å²) in [6, 6.07) is 14.6. The first-order chi connectivity index (χ1) is 19.7. The minimum Gasteiger partial charge on any atom is -0.490 e. The van der Waals surface area contributed by atoms with Crippen molar-refractivity contribution in [3.8, 4) is 11.5 Å². The second-order valence-corrected chi connectivity index (χ2v) is 9.74. The fourth-order valence-electron chi connectivity index (χ4n) is 3.97. The van der Waals surface area contributed by atoms with E-state index in [2.05, 4.69) is 6.58 Å². The van der Waals surface area contributed by atoms with Crippen molar-refractivity contribution in [2.45, 2.75) is 20.0 Å². The van der Waals surface area contributed by atoms with Gasteiger partial charge in [-0.15, -0.1) is 6.58 Å². The standard InChI is InChI=1S/C30H25F3N2O5S/c1-3-8-20-13-19(14-23(39-4-2)28(20)40-17-18-9-6-5-7-10-18)15-24-29(37)35(30(38)41-24)16-25(36)34-22-12-11-21(31)26(32)27(22)33/h3,5-7,9-15H,1,4,8,16-17H2,2H3,(H,34,36)/b24-15-. The van der Waals surface area contributed by atoms with Crippen LogP contribution in [0.1, 0.15) is 23.6 Å². The zero-order valence-electron chi connectivity index (χ0n) is 21.9. The third-order valence-electron chi connectivity index (χ3n) is 5.83. The van der Waals surface area contributed by atoms with Gasteiger partial charge in [0.15, 0.2) is 29.0 Å². The van der Waals surface area contributed by atoms with E-state index in [0.29, 0.717) is 59.4 Å². The van der Waals surface area contributed by atoms with E-state index in [4.69, 9.17) is 9.47 Å². The van der Waals surface area contributed by atoms with Crippen LogP contribution in [-0.4, -0.2) is 35.1 Å². The second-order valence-electron chi connectivity index (χ2n) is 8.75. The highest BCUT2D eigenvalue weighted by Crippen LogP contribution is 2.38. The molecule has 41 heavy (non-hydrogen) atoms. The van der Waals surface area contributed by atoms with Gasteiger partial charge in [0, 0.05) is 5.56 Å². The molecule has 0 bridgehead atoms. The van der Waals surface area contributed by atoms with E-state index in [9.17, 15) is 27.6 Å². The maximum Gasteiger partial charge on any atom is 0.294 e. The number of nitrogens with one attached hydrogen (secondary N) is 1. The molecule has 3 aromatic rings. The number of hydrogen-bond donors (Lipinski definition) is 1. The first kappa shape index (κ1) is 29.5. The fourth-order valence-corrected chi connectivity index (χ4v) is 4.81. The van der Waals surface area contributed by atoms with Crippen LogP contribution < -0.4 is 14.8 Å². The summed E-state index contributed by atoms with van der Waals surface area (Å²) in [4.78, 5) is 38.7. The quantitative estimate of drug-likeness (QED) is 0.158. The zero-order chi connectivity index (χ0) is 29.5. The Hall–Kier alpha value is -4.51. The summed E-state index contributed by atoms with van der Waals surface area (Å²) in [6.45, 7) is 5.53. The third kappa shape index (κ3) is 6.98. The highest BCUT2D eigenvalue weighted by atomic mass is 32.2. The molecule has 1 aliphatic rings. The Morgan fingerprint density at radius 3 is 2.51 bits per heavy atom. The number of rotatable bonds is 11. The molecule has 1 saturated heterocycles.